The van der Waals surface area contributed by atoms with Crippen LogP contribution in [-0.2, 0) is 9.59 Å². The fourth-order valence-corrected chi connectivity index (χ4v) is 2.09. The predicted molar refractivity (Wildman–Crippen MR) is 89.3 cm³/mol. The van der Waals surface area contributed by atoms with Crippen LogP contribution in [-0.4, -0.2) is 36.1 Å². The van der Waals surface area contributed by atoms with Crippen molar-refractivity contribution in [2.24, 2.45) is 17.3 Å². The van der Waals surface area contributed by atoms with E-state index < -0.39 is 6.04 Å². The first-order valence-electron chi connectivity index (χ1n) is 8.23. The van der Waals surface area contributed by atoms with Crippen molar-refractivity contribution in [3.63, 3.8) is 0 Å². The van der Waals surface area contributed by atoms with Crippen molar-refractivity contribution in [1.82, 2.24) is 10.6 Å². The summed E-state index contributed by atoms with van der Waals surface area (Å²) in [7, 11) is 0. The lowest BCUT2D eigenvalue weighted by Gasteiger charge is -2.23. The average molecular weight is 314 g/mol. The van der Waals surface area contributed by atoms with Crippen LogP contribution < -0.4 is 10.6 Å². The maximum Gasteiger partial charge on any atom is 0.242 e. The summed E-state index contributed by atoms with van der Waals surface area (Å²) in [5.74, 6) is 0.263. The van der Waals surface area contributed by atoms with Crippen LogP contribution in [0.5, 0.6) is 0 Å². The van der Waals surface area contributed by atoms with Gasteiger partial charge in [-0.1, -0.05) is 41.5 Å². The van der Waals surface area contributed by atoms with Gasteiger partial charge in [0.2, 0.25) is 11.8 Å². The molecular weight excluding hydrogens is 280 g/mol. The Balaban J connectivity index is 4.49. The molecule has 2 amide bonds. The van der Waals surface area contributed by atoms with Gasteiger partial charge >= 0.3 is 0 Å². The predicted octanol–water partition coefficient (Wildman–Crippen LogP) is 2.09. The largest absolute Gasteiger partial charge is 0.396 e. The number of amides is 2. The Kier molecular flexibility index (Phi) is 9.33. The highest BCUT2D eigenvalue weighted by Gasteiger charge is 2.24. The molecule has 0 saturated heterocycles. The highest BCUT2D eigenvalue weighted by atomic mass is 16.3. The van der Waals surface area contributed by atoms with Gasteiger partial charge in [0, 0.05) is 19.6 Å². The van der Waals surface area contributed by atoms with Gasteiger partial charge < -0.3 is 15.7 Å². The van der Waals surface area contributed by atoms with Gasteiger partial charge in [0.05, 0.1) is 0 Å². The van der Waals surface area contributed by atoms with Crippen LogP contribution in [0.15, 0.2) is 0 Å². The normalized spacial score (nSPS) is 14.5. The lowest BCUT2D eigenvalue weighted by molar-refractivity contribution is -0.130. The van der Waals surface area contributed by atoms with Gasteiger partial charge in [-0.2, -0.15) is 0 Å². The Hall–Kier alpha value is -1.10. The number of nitrogens with one attached hydrogen (secondary N) is 2. The fourth-order valence-electron chi connectivity index (χ4n) is 2.09. The molecule has 0 aliphatic rings. The third-order valence-electron chi connectivity index (χ3n) is 3.30. The molecule has 0 radical (unpaired) electrons. The molecule has 0 fully saturated rings. The van der Waals surface area contributed by atoms with Gasteiger partial charge in [0.25, 0.3) is 0 Å². The summed E-state index contributed by atoms with van der Waals surface area (Å²) in [5, 5.41) is 14.7. The molecule has 5 heteroatoms. The molecule has 0 aliphatic carbocycles. The monoisotopic (exact) mass is 314 g/mol. The summed E-state index contributed by atoms with van der Waals surface area (Å²) in [6, 6.07) is -0.487. The standard InChI is InChI=1S/C17H34N2O3/c1-12(2)9-14(19-15(21)10-17(4,5)6)16(22)18-8-7-13(3)11-20/h12-14,20H,7-11H2,1-6H3,(H,18,22)(H,19,21)/t13?,14-/m0/s1. The number of hydrogen-bond acceptors (Lipinski definition) is 3. The van der Waals surface area contributed by atoms with Crippen molar-refractivity contribution in [2.45, 2.75) is 66.8 Å². The van der Waals surface area contributed by atoms with E-state index >= 15 is 0 Å². The zero-order valence-corrected chi connectivity index (χ0v) is 15.0. The van der Waals surface area contributed by atoms with E-state index in [0.29, 0.717) is 25.3 Å². The molecule has 2 atom stereocenters. The molecule has 0 heterocycles. The van der Waals surface area contributed by atoms with Crippen molar-refractivity contribution in [2.75, 3.05) is 13.2 Å². The summed E-state index contributed by atoms with van der Waals surface area (Å²) in [4.78, 5) is 24.3. The number of carbonyl (C=O) groups is 2. The Morgan fingerprint density at radius 1 is 1.14 bits per heavy atom. The highest BCUT2D eigenvalue weighted by Crippen LogP contribution is 2.18. The van der Waals surface area contributed by atoms with Crippen LogP contribution in [0.1, 0.15) is 60.8 Å². The minimum atomic E-state index is -0.487. The van der Waals surface area contributed by atoms with Gasteiger partial charge in [-0.15, -0.1) is 0 Å². The minimum Gasteiger partial charge on any atom is -0.396 e. The number of hydrogen-bond donors (Lipinski definition) is 3. The van der Waals surface area contributed by atoms with Gasteiger partial charge in [0.15, 0.2) is 0 Å². The zero-order valence-electron chi connectivity index (χ0n) is 15.0. The van der Waals surface area contributed by atoms with Crippen LogP contribution in [0.4, 0.5) is 0 Å². The first-order valence-corrected chi connectivity index (χ1v) is 8.23. The molecule has 0 aliphatic heterocycles. The van der Waals surface area contributed by atoms with Crippen LogP contribution in [0.25, 0.3) is 0 Å². The van der Waals surface area contributed by atoms with Crippen LogP contribution in [0.3, 0.4) is 0 Å². The third kappa shape index (κ3) is 10.6. The fraction of sp³-hybridized carbons (Fsp3) is 0.882. The van der Waals surface area contributed by atoms with Crippen LogP contribution in [0.2, 0.25) is 0 Å². The number of aliphatic hydroxyl groups is 1. The van der Waals surface area contributed by atoms with Gasteiger partial charge in [-0.05, 0) is 30.1 Å². The molecule has 1 unspecified atom stereocenters. The molecular formula is C17H34N2O3. The summed E-state index contributed by atoms with van der Waals surface area (Å²) in [6.45, 7) is 12.6. The third-order valence-corrected chi connectivity index (χ3v) is 3.30. The van der Waals surface area contributed by atoms with E-state index in [9.17, 15) is 9.59 Å². The molecule has 0 spiro atoms. The van der Waals surface area contributed by atoms with E-state index in [-0.39, 0.29) is 29.8 Å². The van der Waals surface area contributed by atoms with Gasteiger partial charge in [-0.25, -0.2) is 0 Å². The van der Waals surface area contributed by atoms with Crippen LogP contribution >= 0.6 is 0 Å². The summed E-state index contributed by atoms with van der Waals surface area (Å²) in [5.41, 5.74) is -0.0977. The van der Waals surface area contributed by atoms with Gasteiger partial charge in [0.1, 0.15) is 6.04 Å². The van der Waals surface area contributed by atoms with E-state index in [4.69, 9.17) is 5.11 Å². The second-order valence-corrected chi connectivity index (χ2v) is 7.85. The van der Waals surface area contributed by atoms with Crippen molar-refractivity contribution < 1.29 is 14.7 Å². The SMILES string of the molecule is CC(C)C[C@H](NC(=O)CC(C)(C)C)C(=O)NCCC(C)CO. The van der Waals surface area contributed by atoms with Crippen molar-refractivity contribution >= 4 is 11.8 Å². The minimum absolute atomic E-state index is 0.0861. The van der Waals surface area contributed by atoms with E-state index in [1.165, 1.54) is 0 Å². The molecule has 0 saturated carbocycles. The zero-order chi connectivity index (χ0) is 17.3. The van der Waals surface area contributed by atoms with Crippen LogP contribution in [0, 0.1) is 17.3 Å². The van der Waals surface area contributed by atoms with E-state index in [1.54, 1.807) is 0 Å². The molecule has 5 nitrogen and oxygen atoms in total. The van der Waals surface area contributed by atoms with E-state index in [2.05, 4.69) is 10.6 Å². The maximum absolute atomic E-state index is 12.3. The topological polar surface area (TPSA) is 78.4 Å². The van der Waals surface area contributed by atoms with Gasteiger partial charge in [-0.3, -0.25) is 9.59 Å². The Morgan fingerprint density at radius 3 is 2.18 bits per heavy atom. The number of rotatable bonds is 9. The maximum atomic E-state index is 12.3. The lowest BCUT2D eigenvalue weighted by Crippen LogP contribution is -2.48. The highest BCUT2D eigenvalue weighted by molar-refractivity contribution is 5.87. The first kappa shape index (κ1) is 20.9. The number of carbonyl (C=O) groups excluding carboxylic acids is 2. The molecule has 0 aromatic rings. The summed E-state index contributed by atoms with van der Waals surface area (Å²) in [6.07, 6.45) is 1.75. The average Bonchev–Trinajstić information content (AvgIpc) is 2.34. The molecule has 22 heavy (non-hydrogen) atoms. The molecule has 0 rings (SSSR count). The van der Waals surface area contributed by atoms with Crippen molar-refractivity contribution in [3.8, 4) is 0 Å². The molecule has 0 bridgehead atoms. The molecule has 130 valence electrons. The van der Waals surface area contributed by atoms with Crippen molar-refractivity contribution in [1.29, 1.82) is 0 Å². The first-order chi connectivity index (χ1) is 10.0. The Morgan fingerprint density at radius 2 is 1.73 bits per heavy atom. The number of aliphatic hydroxyl groups excluding tert-OH is 1. The summed E-state index contributed by atoms with van der Waals surface area (Å²) >= 11 is 0. The lowest BCUT2D eigenvalue weighted by atomic mass is 9.91. The Labute approximate surface area is 135 Å². The van der Waals surface area contributed by atoms with E-state index in [0.717, 1.165) is 6.42 Å². The molecule has 0 aromatic carbocycles. The van der Waals surface area contributed by atoms with E-state index in [1.807, 2.05) is 41.5 Å². The molecule has 0 aromatic heterocycles. The Bertz CT molecular complexity index is 348. The second kappa shape index (κ2) is 9.82. The van der Waals surface area contributed by atoms with Crippen molar-refractivity contribution in [3.05, 3.63) is 0 Å². The summed E-state index contributed by atoms with van der Waals surface area (Å²) < 4.78 is 0. The second-order valence-electron chi connectivity index (χ2n) is 7.85. The quantitative estimate of drug-likeness (QED) is 0.610. The smallest absolute Gasteiger partial charge is 0.242 e. The molecule has 3 N–H and O–H groups in total.